The van der Waals surface area contributed by atoms with Gasteiger partial charge in [-0.05, 0) is 25.0 Å². The molecular formula is C15H19N5O. The Kier molecular flexibility index (Phi) is 3.94. The molecule has 6 heteroatoms. The fourth-order valence-corrected chi connectivity index (χ4v) is 2.98. The van der Waals surface area contributed by atoms with Gasteiger partial charge in [0.2, 0.25) is 0 Å². The number of aromatic amines is 1. The number of tetrazole rings is 1. The number of aromatic nitrogens is 4. The van der Waals surface area contributed by atoms with Crippen molar-refractivity contribution in [3.8, 4) is 0 Å². The largest absolute Gasteiger partial charge is 0.339 e. The highest BCUT2D eigenvalue weighted by molar-refractivity contribution is 5.94. The first-order chi connectivity index (χ1) is 10.3. The van der Waals surface area contributed by atoms with Gasteiger partial charge in [-0.15, -0.1) is 10.2 Å². The van der Waals surface area contributed by atoms with Crippen LogP contribution in [0.25, 0.3) is 0 Å². The van der Waals surface area contributed by atoms with E-state index in [2.05, 4.69) is 25.9 Å². The molecule has 1 aromatic carbocycles. The molecule has 1 fully saturated rings. The first kappa shape index (κ1) is 13.7. The summed E-state index contributed by atoms with van der Waals surface area (Å²) in [6.45, 7) is 0. The molecule has 3 rings (SSSR count). The molecule has 1 aromatic heterocycles. The molecule has 21 heavy (non-hydrogen) atoms. The lowest BCUT2D eigenvalue weighted by atomic mass is 9.89. The van der Waals surface area contributed by atoms with Crippen molar-refractivity contribution < 1.29 is 4.79 Å². The van der Waals surface area contributed by atoms with Crippen molar-refractivity contribution in [1.82, 2.24) is 25.9 Å². The van der Waals surface area contributed by atoms with E-state index in [0.29, 0.717) is 11.4 Å². The van der Waals surface area contributed by atoms with Gasteiger partial charge in [-0.3, -0.25) is 4.79 Å². The maximum atomic E-state index is 12.5. The van der Waals surface area contributed by atoms with Crippen LogP contribution in [0.3, 0.4) is 0 Å². The number of amides is 1. The van der Waals surface area contributed by atoms with Crippen molar-refractivity contribution in [3.63, 3.8) is 0 Å². The van der Waals surface area contributed by atoms with E-state index in [0.717, 1.165) is 25.7 Å². The Hall–Kier alpha value is -2.24. The van der Waals surface area contributed by atoms with Crippen molar-refractivity contribution in [2.75, 3.05) is 0 Å². The molecule has 1 heterocycles. The Labute approximate surface area is 123 Å². The fourth-order valence-electron chi connectivity index (χ4n) is 2.98. The molecule has 0 unspecified atom stereocenters. The fraction of sp³-hybridized carbons (Fsp3) is 0.467. The summed E-state index contributed by atoms with van der Waals surface area (Å²) >= 11 is 0. The van der Waals surface area contributed by atoms with Gasteiger partial charge >= 0.3 is 0 Å². The summed E-state index contributed by atoms with van der Waals surface area (Å²) in [7, 11) is 0. The van der Waals surface area contributed by atoms with Gasteiger partial charge in [-0.1, -0.05) is 49.1 Å². The van der Waals surface area contributed by atoms with E-state index in [1.54, 1.807) is 0 Å². The third-order valence-corrected chi connectivity index (χ3v) is 4.12. The predicted octanol–water partition coefficient (Wildman–Crippen LogP) is 2.18. The number of hydrogen-bond acceptors (Lipinski definition) is 4. The molecule has 1 aliphatic rings. The normalized spacial score (nSPS) is 17.9. The van der Waals surface area contributed by atoms with E-state index >= 15 is 0 Å². The summed E-state index contributed by atoms with van der Waals surface area (Å²) in [5.74, 6) is 0.510. The average molecular weight is 285 g/mol. The Morgan fingerprint density at radius 1 is 1.10 bits per heavy atom. The van der Waals surface area contributed by atoms with Gasteiger partial charge in [-0.25, -0.2) is 0 Å². The van der Waals surface area contributed by atoms with Gasteiger partial charge in [-0.2, -0.15) is 5.21 Å². The molecule has 0 saturated heterocycles. The Morgan fingerprint density at radius 3 is 2.43 bits per heavy atom. The highest BCUT2D eigenvalue weighted by Gasteiger charge is 2.38. The number of nitrogens with zero attached hydrogens (tertiary/aromatic N) is 3. The molecule has 2 N–H and O–H groups in total. The van der Waals surface area contributed by atoms with Crippen LogP contribution in [0.15, 0.2) is 30.3 Å². The Morgan fingerprint density at radius 2 is 1.81 bits per heavy atom. The monoisotopic (exact) mass is 285 g/mol. The molecule has 0 aliphatic heterocycles. The third kappa shape index (κ3) is 2.94. The van der Waals surface area contributed by atoms with Gasteiger partial charge < -0.3 is 5.32 Å². The lowest BCUT2D eigenvalue weighted by Crippen LogP contribution is -2.46. The number of rotatable bonds is 3. The van der Waals surface area contributed by atoms with E-state index in [4.69, 9.17) is 0 Å². The third-order valence-electron chi connectivity index (χ3n) is 4.12. The first-order valence-electron chi connectivity index (χ1n) is 7.42. The van der Waals surface area contributed by atoms with Crippen molar-refractivity contribution in [3.05, 3.63) is 41.7 Å². The Balaban J connectivity index is 1.87. The molecule has 0 atom stereocenters. The molecule has 0 radical (unpaired) electrons. The second kappa shape index (κ2) is 6.03. The van der Waals surface area contributed by atoms with Gasteiger partial charge in [0, 0.05) is 5.56 Å². The molecule has 1 aliphatic carbocycles. The summed E-state index contributed by atoms with van der Waals surface area (Å²) < 4.78 is 0. The molecule has 1 amide bonds. The lowest BCUT2D eigenvalue weighted by Gasteiger charge is -2.30. The topological polar surface area (TPSA) is 83.6 Å². The minimum absolute atomic E-state index is 0.0812. The lowest BCUT2D eigenvalue weighted by molar-refractivity contribution is 0.0878. The van der Waals surface area contributed by atoms with Crippen molar-refractivity contribution in [1.29, 1.82) is 0 Å². The SMILES string of the molecule is O=C(NC1(c2nn[nH]n2)CCCCCC1)c1ccccc1. The van der Waals surface area contributed by atoms with Crippen LogP contribution >= 0.6 is 0 Å². The van der Waals surface area contributed by atoms with E-state index in [1.165, 1.54) is 12.8 Å². The number of H-pyrrole nitrogens is 1. The summed E-state index contributed by atoms with van der Waals surface area (Å²) in [5, 5.41) is 17.6. The predicted molar refractivity (Wildman–Crippen MR) is 77.5 cm³/mol. The van der Waals surface area contributed by atoms with Gasteiger partial charge in [0.15, 0.2) is 5.82 Å². The Bertz CT molecular complexity index is 573. The standard InChI is InChI=1S/C15H19N5O/c21-13(12-8-4-3-5-9-12)16-15(14-17-19-20-18-14)10-6-1-2-7-11-15/h3-5,8-9H,1-2,6-7,10-11H2,(H,16,21)(H,17,18,19,20). The number of carbonyl (C=O) groups is 1. The summed E-state index contributed by atoms with van der Waals surface area (Å²) in [6, 6.07) is 9.26. The van der Waals surface area contributed by atoms with Crippen molar-refractivity contribution in [2.24, 2.45) is 0 Å². The van der Waals surface area contributed by atoms with Crippen LogP contribution in [0.5, 0.6) is 0 Å². The van der Waals surface area contributed by atoms with Crippen LogP contribution in [0.2, 0.25) is 0 Å². The zero-order valence-corrected chi connectivity index (χ0v) is 11.9. The second-order valence-corrected chi connectivity index (χ2v) is 5.55. The maximum absolute atomic E-state index is 12.5. The van der Waals surface area contributed by atoms with Crippen molar-refractivity contribution in [2.45, 2.75) is 44.1 Å². The van der Waals surface area contributed by atoms with Gasteiger partial charge in [0.25, 0.3) is 5.91 Å². The molecule has 0 bridgehead atoms. The maximum Gasteiger partial charge on any atom is 0.252 e. The summed E-state index contributed by atoms with van der Waals surface area (Å²) in [4.78, 5) is 12.5. The quantitative estimate of drug-likeness (QED) is 0.847. The van der Waals surface area contributed by atoms with Crippen LogP contribution < -0.4 is 5.32 Å². The highest BCUT2D eigenvalue weighted by atomic mass is 16.1. The van der Waals surface area contributed by atoms with Gasteiger partial charge in [0.05, 0.1) is 0 Å². The number of benzene rings is 1. The molecule has 6 nitrogen and oxygen atoms in total. The van der Waals surface area contributed by atoms with Crippen LogP contribution in [-0.2, 0) is 5.54 Å². The van der Waals surface area contributed by atoms with Crippen LogP contribution in [0.4, 0.5) is 0 Å². The van der Waals surface area contributed by atoms with Crippen LogP contribution in [-0.4, -0.2) is 26.5 Å². The number of hydrogen-bond donors (Lipinski definition) is 2. The van der Waals surface area contributed by atoms with Crippen LogP contribution in [0.1, 0.15) is 54.7 Å². The second-order valence-electron chi connectivity index (χ2n) is 5.55. The van der Waals surface area contributed by atoms with E-state index in [1.807, 2.05) is 30.3 Å². The average Bonchev–Trinajstić information content (AvgIpc) is 2.97. The smallest absolute Gasteiger partial charge is 0.252 e. The first-order valence-corrected chi connectivity index (χ1v) is 7.42. The number of nitrogens with one attached hydrogen (secondary N) is 2. The summed E-state index contributed by atoms with van der Waals surface area (Å²) in [5.41, 5.74) is 0.154. The van der Waals surface area contributed by atoms with E-state index < -0.39 is 5.54 Å². The molecular weight excluding hydrogens is 266 g/mol. The van der Waals surface area contributed by atoms with E-state index in [-0.39, 0.29) is 5.91 Å². The highest BCUT2D eigenvalue weighted by Crippen LogP contribution is 2.34. The molecule has 110 valence electrons. The molecule has 1 saturated carbocycles. The molecule has 2 aromatic rings. The van der Waals surface area contributed by atoms with Crippen molar-refractivity contribution >= 4 is 5.91 Å². The van der Waals surface area contributed by atoms with Gasteiger partial charge in [0.1, 0.15) is 5.54 Å². The zero-order valence-electron chi connectivity index (χ0n) is 11.9. The van der Waals surface area contributed by atoms with Crippen LogP contribution in [0, 0.1) is 0 Å². The number of carbonyl (C=O) groups excluding carboxylic acids is 1. The summed E-state index contributed by atoms with van der Waals surface area (Å²) in [6.07, 6.45) is 6.19. The minimum Gasteiger partial charge on any atom is -0.339 e. The molecule has 0 spiro atoms. The minimum atomic E-state index is -0.504. The zero-order chi connectivity index (χ0) is 14.5. The van der Waals surface area contributed by atoms with E-state index in [9.17, 15) is 4.79 Å².